The van der Waals surface area contributed by atoms with Crippen LogP contribution in [0.25, 0.3) is 5.69 Å². The number of quaternary nitrogens is 1. The van der Waals surface area contributed by atoms with Gasteiger partial charge in [-0.25, -0.2) is 4.68 Å². The largest absolute Gasteiger partial charge is 0.462 e. The Hall–Kier alpha value is -3.73. The number of amides is 1. The SMILES string of the molecule is CC(=O)OC(CC(=O)OC1CC(Nc2cc(-n3nc(C)c4c3CC(C)(C)CC4=O)ccc2C(N)=O)C1)C[N+](C)(C)C. The summed E-state index contributed by atoms with van der Waals surface area (Å²) >= 11 is 0. The predicted octanol–water partition coefficient (Wildman–Crippen LogP) is 2.95. The number of nitrogens with zero attached hydrogens (tertiary/aromatic N) is 3. The van der Waals surface area contributed by atoms with E-state index in [2.05, 4.69) is 24.3 Å². The summed E-state index contributed by atoms with van der Waals surface area (Å²) in [7, 11) is 5.88. The number of carbonyl (C=O) groups excluding carboxylic acids is 4. The quantitative estimate of drug-likeness (QED) is 0.329. The van der Waals surface area contributed by atoms with Crippen molar-refractivity contribution in [1.82, 2.24) is 9.78 Å². The summed E-state index contributed by atoms with van der Waals surface area (Å²) in [5.41, 5.74) is 9.36. The molecule has 0 saturated heterocycles. The van der Waals surface area contributed by atoms with Crippen LogP contribution in [0.1, 0.15) is 78.6 Å². The first-order valence-corrected chi connectivity index (χ1v) is 14.0. The van der Waals surface area contributed by atoms with E-state index in [-0.39, 0.29) is 29.8 Å². The van der Waals surface area contributed by atoms with Gasteiger partial charge in [0.25, 0.3) is 5.91 Å². The van der Waals surface area contributed by atoms with Crippen LogP contribution in [-0.4, -0.2) is 83.8 Å². The highest BCUT2D eigenvalue weighted by Gasteiger charge is 2.37. The van der Waals surface area contributed by atoms with Crippen LogP contribution >= 0.6 is 0 Å². The second-order valence-electron chi connectivity index (χ2n) is 13.2. The Morgan fingerprint density at radius 1 is 1.20 bits per heavy atom. The Balaban J connectivity index is 1.44. The van der Waals surface area contributed by atoms with Gasteiger partial charge >= 0.3 is 11.9 Å². The fourth-order valence-corrected chi connectivity index (χ4v) is 5.76. The van der Waals surface area contributed by atoms with Crippen LogP contribution in [0.3, 0.4) is 0 Å². The molecule has 1 fully saturated rings. The van der Waals surface area contributed by atoms with Gasteiger partial charge < -0.3 is 25.0 Å². The Kier molecular flexibility index (Phi) is 8.31. The average Bonchev–Trinajstić information content (AvgIpc) is 3.10. The van der Waals surface area contributed by atoms with E-state index in [0.717, 1.165) is 11.4 Å². The standard InChI is InChI=1S/C30H41N5O6/c1-17-28-25(14-30(3,4)15-26(28)37)34(33-17)20-8-9-23(29(31)39)24(12-20)32-19-10-21(11-19)41-27(38)13-22(40-18(2)36)16-35(5,6)7/h8-9,12,19,21-22H,10-11,13-16H2,1-7H3,(H2-,31,32,39)/p+1. The van der Waals surface area contributed by atoms with Crippen molar-refractivity contribution >= 4 is 29.3 Å². The molecule has 2 aromatic rings. The number of hydrogen-bond acceptors (Lipinski definition) is 8. The Labute approximate surface area is 240 Å². The number of rotatable bonds is 10. The zero-order valence-corrected chi connectivity index (χ0v) is 25.1. The molecule has 3 N–H and O–H groups in total. The van der Waals surface area contributed by atoms with E-state index < -0.39 is 23.9 Å². The molecule has 1 aromatic heterocycles. The number of ether oxygens (including phenoxy) is 2. The molecule has 1 atom stereocenters. The van der Waals surface area contributed by atoms with E-state index >= 15 is 0 Å². The molecular formula is C30H42N5O6+. The number of esters is 2. The average molecular weight is 569 g/mol. The van der Waals surface area contributed by atoms with Gasteiger partial charge in [-0.1, -0.05) is 13.8 Å². The second kappa shape index (κ2) is 11.3. The predicted molar refractivity (Wildman–Crippen MR) is 153 cm³/mol. The van der Waals surface area contributed by atoms with Crippen LogP contribution in [-0.2, 0) is 25.5 Å². The first kappa shape index (κ1) is 30.2. The highest BCUT2D eigenvalue weighted by Crippen LogP contribution is 2.37. The molecule has 0 bridgehead atoms. The van der Waals surface area contributed by atoms with Gasteiger partial charge in [0.15, 0.2) is 11.9 Å². The van der Waals surface area contributed by atoms with Crippen molar-refractivity contribution < 1.29 is 33.1 Å². The van der Waals surface area contributed by atoms with Crippen LogP contribution in [0.4, 0.5) is 5.69 Å². The number of nitrogens with two attached hydrogens (primary N) is 1. The van der Waals surface area contributed by atoms with Gasteiger partial charge in [-0.2, -0.15) is 5.10 Å². The molecule has 1 amide bonds. The van der Waals surface area contributed by atoms with Crippen LogP contribution in [0.2, 0.25) is 0 Å². The van der Waals surface area contributed by atoms with E-state index in [9.17, 15) is 19.2 Å². The van der Waals surface area contributed by atoms with E-state index in [1.54, 1.807) is 16.8 Å². The molecule has 11 nitrogen and oxygen atoms in total. The minimum Gasteiger partial charge on any atom is -0.462 e. The molecule has 11 heteroatoms. The van der Waals surface area contributed by atoms with Crippen LogP contribution in [0, 0.1) is 12.3 Å². The molecule has 41 heavy (non-hydrogen) atoms. The number of primary amides is 1. The number of fused-ring (bicyclic) bond motifs is 1. The van der Waals surface area contributed by atoms with Crippen molar-refractivity contribution in [3.63, 3.8) is 0 Å². The summed E-state index contributed by atoms with van der Waals surface area (Å²) in [6.07, 6.45) is 1.45. The van der Waals surface area contributed by atoms with Crippen molar-refractivity contribution in [2.75, 3.05) is 33.0 Å². The van der Waals surface area contributed by atoms with Crippen molar-refractivity contribution in [3.8, 4) is 5.69 Å². The molecule has 2 aliphatic carbocycles. The zero-order chi connectivity index (χ0) is 30.3. The first-order valence-electron chi connectivity index (χ1n) is 14.0. The molecular weight excluding hydrogens is 526 g/mol. The van der Waals surface area contributed by atoms with Gasteiger partial charge in [-0.3, -0.25) is 19.2 Å². The Morgan fingerprint density at radius 2 is 1.88 bits per heavy atom. The lowest BCUT2D eigenvalue weighted by Gasteiger charge is -2.36. The van der Waals surface area contributed by atoms with E-state index in [4.69, 9.17) is 15.2 Å². The fraction of sp³-hybridized carbons (Fsp3) is 0.567. The number of aryl methyl sites for hydroxylation is 1. The van der Waals surface area contributed by atoms with Crippen molar-refractivity contribution in [2.24, 2.45) is 11.1 Å². The highest BCUT2D eigenvalue weighted by molar-refractivity contribution is 6.00. The van der Waals surface area contributed by atoms with Crippen LogP contribution < -0.4 is 11.1 Å². The number of anilines is 1. The molecule has 0 radical (unpaired) electrons. The molecule has 0 spiro atoms. The molecule has 1 heterocycles. The highest BCUT2D eigenvalue weighted by atomic mass is 16.6. The van der Waals surface area contributed by atoms with Crippen molar-refractivity contribution in [2.45, 2.75) is 78.0 Å². The minimum absolute atomic E-state index is 0.00944. The Bertz CT molecular complexity index is 1370. The minimum atomic E-state index is -0.565. The summed E-state index contributed by atoms with van der Waals surface area (Å²) in [5.74, 6) is -1.31. The Morgan fingerprint density at radius 3 is 2.49 bits per heavy atom. The number of carbonyl (C=O) groups is 4. The number of nitrogens with one attached hydrogen (secondary N) is 1. The summed E-state index contributed by atoms with van der Waals surface area (Å²) in [5, 5.41) is 8.06. The van der Waals surface area contributed by atoms with Gasteiger partial charge in [-0.05, 0) is 37.0 Å². The number of likely N-dealkylation sites (N-methyl/N-ethyl adjacent to an activating group) is 1. The summed E-state index contributed by atoms with van der Waals surface area (Å²) < 4.78 is 13.3. The number of Topliss-reactive ketones (excluding diaryl/α,β-unsaturated/α-hetero) is 1. The number of hydrogen-bond donors (Lipinski definition) is 2. The van der Waals surface area contributed by atoms with Gasteiger partial charge in [-0.15, -0.1) is 0 Å². The third-order valence-electron chi connectivity index (χ3n) is 7.46. The van der Waals surface area contributed by atoms with Gasteiger partial charge in [0.1, 0.15) is 12.6 Å². The maximum atomic E-state index is 12.9. The lowest BCUT2D eigenvalue weighted by molar-refractivity contribution is -0.873. The van der Waals surface area contributed by atoms with Crippen molar-refractivity contribution in [3.05, 3.63) is 40.7 Å². The number of benzene rings is 1. The smallest absolute Gasteiger partial charge is 0.310 e. The van der Waals surface area contributed by atoms with Gasteiger partial charge in [0, 0.05) is 37.9 Å². The lowest BCUT2D eigenvalue weighted by Crippen LogP contribution is -2.45. The summed E-state index contributed by atoms with van der Waals surface area (Å²) in [6.45, 7) is 7.80. The number of aromatic nitrogens is 2. The molecule has 222 valence electrons. The maximum absolute atomic E-state index is 12.9. The molecule has 1 aromatic carbocycles. The first-order chi connectivity index (χ1) is 19.0. The normalized spacial score (nSPS) is 20.4. The topological polar surface area (TPSA) is 143 Å². The summed E-state index contributed by atoms with van der Waals surface area (Å²) in [6, 6.07) is 5.24. The van der Waals surface area contributed by atoms with E-state index in [0.29, 0.717) is 59.2 Å². The van der Waals surface area contributed by atoms with E-state index in [1.165, 1.54) is 6.92 Å². The van der Waals surface area contributed by atoms with Crippen molar-refractivity contribution in [1.29, 1.82) is 0 Å². The van der Waals surface area contributed by atoms with E-state index in [1.807, 2.05) is 34.1 Å². The van der Waals surface area contributed by atoms with Crippen LogP contribution in [0.5, 0.6) is 0 Å². The van der Waals surface area contributed by atoms with Gasteiger partial charge in [0.05, 0.1) is 55.8 Å². The molecule has 0 aliphatic heterocycles. The summed E-state index contributed by atoms with van der Waals surface area (Å²) in [4.78, 5) is 49.2. The third kappa shape index (κ3) is 7.32. The molecule has 2 aliphatic rings. The maximum Gasteiger partial charge on any atom is 0.310 e. The second-order valence-corrected chi connectivity index (χ2v) is 13.2. The molecule has 1 saturated carbocycles. The third-order valence-corrected chi connectivity index (χ3v) is 7.46. The fourth-order valence-electron chi connectivity index (χ4n) is 5.76. The van der Waals surface area contributed by atoms with Gasteiger partial charge in [0.2, 0.25) is 0 Å². The zero-order valence-electron chi connectivity index (χ0n) is 25.1. The monoisotopic (exact) mass is 568 g/mol. The lowest BCUT2D eigenvalue weighted by atomic mass is 9.75. The molecule has 4 rings (SSSR count). The van der Waals surface area contributed by atoms with Crippen LogP contribution in [0.15, 0.2) is 18.2 Å². The number of ketones is 1. The molecule has 1 unspecified atom stereocenters.